The van der Waals surface area contributed by atoms with Gasteiger partial charge >= 0.3 is 5.97 Å². The van der Waals surface area contributed by atoms with E-state index in [4.69, 9.17) is 4.74 Å². The number of carbonyl (C=O) groups is 1. The number of esters is 1. The highest BCUT2D eigenvalue weighted by atomic mass is 16.5. The van der Waals surface area contributed by atoms with Gasteiger partial charge in [0, 0.05) is 11.7 Å². The van der Waals surface area contributed by atoms with Crippen molar-refractivity contribution < 1.29 is 9.53 Å². The van der Waals surface area contributed by atoms with E-state index in [0.717, 1.165) is 16.8 Å². The van der Waals surface area contributed by atoms with Crippen molar-refractivity contribution in [1.29, 1.82) is 0 Å². The minimum absolute atomic E-state index is 0.172. The maximum absolute atomic E-state index is 11.7. The molecule has 0 aliphatic carbocycles. The lowest BCUT2D eigenvalue weighted by molar-refractivity contribution is -0.154. The van der Waals surface area contributed by atoms with Gasteiger partial charge in [0.2, 0.25) is 0 Å². The van der Waals surface area contributed by atoms with E-state index in [-0.39, 0.29) is 5.97 Å². The zero-order valence-corrected chi connectivity index (χ0v) is 12.8. The minimum Gasteiger partial charge on any atom is -0.460 e. The van der Waals surface area contributed by atoms with Crippen LogP contribution in [0.2, 0.25) is 0 Å². The first-order valence-corrected chi connectivity index (χ1v) is 6.73. The van der Waals surface area contributed by atoms with Gasteiger partial charge in [0.15, 0.2) is 0 Å². The van der Waals surface area contributed by atoms with Gasteiger partial charge in [-0.2, -0.15) is 0 Å². The highest BCUT2D eigenvalue weighted by molar-refractivity contribution is 5.75. The van der Waals surface area contributed by atoms with E-state index < -0.39 is 5.41 Å². The fourth-order valence-corrected chi connectivity index (χ4v) is 1.65. The van der Waals surface area contributed by atoms with E-state index in [0.29, 0.717) is 12.6 Å². The smallest absolute Gasteiger partial charge is 0.311 e. The molecule has 106 valence electrons. The van der Waals surface area contributed by atoms with Crippen LogP contribution in [0.25, 0.3) is 0 Å². The topological polar surface area (TPSA) is 38.3 Å². The number of benzene rings is 1. The largest absolute Gasteiger partial charge is 0.460 e. The maximum Gasteiger partial charge on any atom is 0.311 e. The molecule has 0 amide bonds. The molecule has 0 aliphatic rings. The number of carbonyl (C=O) groups excluding carboxylic acids is 1. The Labute approximate surface area is 116 Å². The molecular formula is C16H25NO2. The van der Waals surface area contributed by atoms with Crippen LogP contribution in [0.1, 0.15) is 45.7 Å². The summed E-state index contributed by atoms with van der Waals surface area (Å²) in [6, 6.07) is 6.49. The van der Waals surface area contributed by atoms with Crippen molar-refractivity contribution in [2.24, 2.45) is 5.41 Å². The first kappa shape index (κ1) is 15.5. The van der Waals surface area contributed by atoms with Crippen LogP contribution in [0, 0.1) is 12.3 Å². The van der Waals surface area contributed by atoms with Gasteiger partial charge in [-0.05, 0) is 58.7 Å². The van der Waals surface area contributed by atoms with Crippen LogP contribution in [0.3, 0.4) is 0 Å². The number of aryl methyl sites for hydroxylation is 1. The Kier molecular flexibility index (Phi) is 4.98. The van der Waals surface area contributed by atoms with Gasteiger partial charge in [-0.15, -0.1) is 0 Å². The summed E-state index contributed by atoms with van der Waals surface area (Å²) < 4.78 is 5.31. The van der Waals surface area contributed by atoms with E-state index >= 15 is 0 Å². The quantitative estimate of drug-likeness (QED) is 0.837. The average molecular weight is 263 g/mol. The molecular weight excluding hydrogens is 238 g/mol. The molecule has 3 heteroatoms. The van der Waals surface area contributed by atoms with Crippen molar-refractivity contribution in [3.8, 4) is 0 Å². The van der Waals surface area contributed by atoms with E-state index in [2.05, 4.69) is 32.2 Å². The summed E-state index contributed by atoms with van der Waals surface area (Å²) in [5.41, 5.74) is 2.86. The molecule has 0 heterocycles. The molecule has 1 aromatic carbocycles. The molecule has 0 saturated heterocycles. The molecule has 0 spiro atoms. The molecule has 0 unspecified atom stereocenters. The second kappa shape index (κ2) is 6.09. The lowest BCUT2D eigenvalue weighted by Gasteiger charge is -2.17. The van der Waals surface area contributed by atoms with Crippen LogP contribution in [-0.4, -0.2) is 12.0 Å². The van der Waals surface area contributed by atoms with Crippen LogP contribution < -0.4 is 5.32 Å². The third-order valence-corrected chi connectivity index (χ3v) is 2.72. The van der Waals surface area contributed by atoms with Crippen LogP contribution in [-0.2, 0) is 16.1 Å². The van der Waals surface area contributed by atoms with Gasteiger partial charge < -0.3 is 10.1 Å². The molecule has 0 saturated carbocycles. The minimum atomic E-state index is -0.450. The van der Waals surface area contributed by atoms with Crippen LogP contribution in [0.4, 0.5) is 5.69 Å². The van der Waals surface area contributed by atoms with Crippen LogP contribution in [0.15, 0.2) is 18.2 Å². The Bertz CT molecular complexity index is 445. The molecule has 0 fully saturated rings. The zero-order chi connectivity index (χ0) is 14.6. The molecule has 3 nitrogen and oxygen atoms in total. The highest BCUT2D eigenvalue weighted by Crippen LogP contribution is 2.20. The Morgan fingerprint density at radius 2 is 1.95 bits per heavy atom. The fraction of sp³-hybridized carbons (Fsp3) is 0.562. The molecule has 1 N–H and O–H groups in total. The Morgan fingerprint density at radius 3 is 2.42 bits per heavy atom. The number of rotatable bonds is 4. The number of hydrogen-bond acceptors (Lipinski definition) is 3. The lowest BCUT2D eigenvalue weighted by atomic mass is 9.97. The molecule has 0 aliphatic heterocycles. The van der Waals surface area contributed by atoms with E-state index in [9.17, 15) is 4.79 Å². The second-order valence-electron chi connectivity index (χ2n) is 6.27. The summed E-state index contributed by atoms with van der Waals surface area (Å²) in [4.78, 5) is 11.7. The molecule has 1 aromatic rings. The third kappa shape index (κ3) is 4.93. The van der Waals surface area contributed by atoms with E-state index in [1.807, 2.05) is 32.9 Å². The Balaban J connectivity index is 2.67. The zero-order valence-electron chi connectivity index (χ0n) is 12.8. The van der Waals surface area contributed by atoms with Crippen molar-refractivity contribution in [3.05, 3.63) is 29.3 Å². The van der Waals surface area contributed by atoms with Gasteiger partial charge in [0.25, 0.3) is 0 Å². The monoisotopic (exact) mass is 263 g/mol. The first-order chi connectivity index (χ1) is 8.70. The van der Waals surface area contributed by atoms with E-state index in [1.165, 1.54) is 0 Å². The first-order valence-electron chi connectivity index (χ1n) is 6.73. The average Bonchev–Trinajstić information content (AvgIpc) is 2.27. The van der Waals surface area contributed by atoms with Gasteiger partial charge in [0.05, 0.1) is 5.41 Å². The summed E-state index contributed by atoms with van der Waals surface area (Å²) in [5.74, 6) is -0.172. The summed E-state index contributed by atoms with van der Waals surface area (Å²) in [6.45, 7) is 12.2. The summed E-state index contributed by atoms with van der Waals surface area (Å²) in [5, 5.41) is 3.38. The molecule has 0 aromatic heterocycles. The summed E-state index contributed by atoms with van der Waals surface area (Å²) >= 11 is 0. The van der Waals surface area contributed by atoms with Crippen molar-refractivity contribution in [2.75, 3.05) is 5.32 Å². The molecule has 19 heavy (non-hydrogen) atoms. The van der Waals surface area contributed by atoms with Crippen molar-refractivity contribution in [1.82, 2.24) is 0 Å². The predicted molar refractivity (Wildman–Crippen MR) is 79.2 cm³/mol. The number of ether oxygens (including phenoxy) is 1. The molecule has 1 rings (SSSR count). The molecule has 0 atom stereocenters. The normalized spacial score (nSPS) is 11.5. The number of nitrogens with one attached hydrogen (secondary N) is 1. The van der Waals surface area contributed by atoms with Gasteiger partial charge in [-0.1, -0.05) is 12.1 Å². The number of anilines is 1. The predicted octanol–water partition coefficient (Wildman–Crippen LogP) is 3.90. The third-order valence-electron chi connectivity index (χ3n) is 2.72. The van der Waals surface area contributed by atoms with Crippen molar-refractivity contribution in [2.45, 2.75) is 54.2 Å². The Morgan fingerprint density at radius 1 is 1.32 bits per heavy atom. The number of hydrogen-bond donors (Lipinski definition) is 1. The fourth-order valence-electron chi connectivity index (χ4n) is 1.65. The van der Waals surface area contributed by atoms with Crippen LogP contribution >= 0.6 is 0 Å². The van der Waals surface area contributed by atoms with Gasteiger partial charge in [-0.25, -0.2) is 0 Å². The van der Waals surface area contributed by atoms with Gasteiger partial charge in [-0.3, -0.25) is 4.79 Å². The molecule has 0 bridgehead atoms. The standard InChI is InChI=1S/C16H25NO2/c1-11(2)17-14-8-7-13(9-12(14)3)10-19-15(18)16(4,5)6/h7-9,11,17H,10H2,1-6H3. The maximum atomic E-state index is 11.7. The highest BCUT2D eigenvalue weighted by Gasteiger charge is 2.22. The Hall–Kier alpha value is -1.51. The summed E-state index contributed by atoms with van der Waals surface area (Å²) in [7, 11) is 0. The summed E-state index contributed by atoms with van der Waals surface area (Å²) in [6.07, 6.45) is 0. The van der Waals surface area contributed by atoms with Gasteiger partial charge in [0.1, 0.15) is 6.61 Å². The van der Waals surface area contributed by atoms with Crippen molar-refractivity contribution >= 4 is 11.7 Å². The van der Waals surface area contributed by atoms with Crippen molar-refractivity contribution in [3.63, 3.8) is 0 Å². The van der Waals surface area contributed by atoms with E-state index in [1.54, 1.807) is 0 Å². The van der Waals surface area contributed by atoms with Crippen LogP contribution in [0.5, 0.6) is 0 Å². The second-order valence-corrected chi connectivity index (χ2v) is 6.27. The lowest BCUT2D eigenvalue weighted by Crippen LogP contribution is -2.22. The SMILES string of the molecule is Cc1cc(COC(=O)C(C)(C)C)ccc1NC(C)C. The molecule has 0 radical (unpaired) electrons.